The van der Waals surface area contributed by atoms with Crippen molar-refractivity contribution in [2.45, 2.75) is 38.3 Å². The number of nitrogens with one attached hydrogen (secondary N) is 1. The molecule has 1 aliphatic heterocycles. The first-order chi connectivity index (χ1) is 9.76. The van der Waals surface area contributed by atoms with Gasteiger partial charge in [-0.1, -0.05) is 6.42 Å². The molecule has 3 rings (SSSR count). The minimum Gasteiger partial charge on any atom is -0.396 e. The highest BCUT2D eigenvalue weighted by atomic mass is 19.1. The second-order valence-electron chi connectivity index (χ2n) is 5.48. The number of rotatable bonds is 4. The summed E-state index contributed by atoms with van der Waals surface area (Å²) in [6.07, 6.45) is 4.37. The van der Waals surface area contributed by atoms with Gasteiger partial charge in [0.2, 0.25) is 0 Å². The normalized spacial score (nSPS) is 20.6. The molecule has 1 aromatic carbocycles. The molecule has 0 bridgehead atoms. The van der Waals surface area contributed by atoms with E-state index in [-0.39, 0.29) is 12.4 Å². The van der Waals surface area contributed by atoms with Crippen LogP contribution >= 0.6 is 0 Å². The van der Waals surface area contributed by atoms with Gasteiger partial charge in [0.25, 0.3) is 0 Å². The third-order valence-electron chi connectivity index (χ3n) is 4.06. The van der Waals surface area contributed by atoms with E-state index in [9.17, 15) is 4.39 Å². The highest BCUT2D eigenvalue weighted by Gasteiger charge is 2.22. The van der Waals surface area contributed by atoms with Crippen molar-refractivity contribution < 1.29 is 9.50 Å². The summed E-state index contributed by atoms with van der Waals surface area (Å²) in [6.45, 7) is 2.00. The van der Waals surface area contributed by atoms with E-state index < -0.39 is 0 Å². The zero-order valence-corrected chi connectivity index (χ0v) is 11.5. The van der Waals surface area contributed by atoms with Crippen LogP contribution in [0.2, 0.25) is 0 Å². The molecule has 0 amide bonds. The van der Waals surface area contributed by atoms with Crippen molar-refractivity contribution in [2.75, 3.05) is 13.2 Å². The van der Waals surface area contributed by atoms with E-state index in [0.29, 0.717) is 6.04 Å². The monoisotopic (exact) mass is 277 g/mol. The van der Waals surface area contributed by atoms with Crippen LogP contribution in [0.5, 0.6) is 0 Å². The summed E-state index contributed by atoms with van der Waals surface area (Å²) in [4.78, 5) is 10.1. The van der Waals surface area contributed by atoms with Crippen molar-refractivity contribution in [3.8, 4) is 0 Å². The van der Waals surface area contributed by atoms with Crippen molar-refractivity contribution >= 4 is 11.0 Å². The third-order valence-corrected chi connectivity index (χ3v) is 4.06. The average molecular weight is 277 g/mol. The van der Waals surface area contributed by atoms with Gasteiger partial charge in [-0.3, -0.25) is 4.90 Å². The van der Waals surface area contributed by atoms with Gasteiger partial charge in [-0.15, -0.1) is 0 Å². The van der Waals surface area contributed by atoms with Crippen molar-refractivity contribution in [2.24, 2.45) is 0 Å². The minimum absolute atomic E-state index is 0.229. The van der Waals surface area contributed by atoms with Gasteiger partial charge in [0.1, 0.15) is 11.6 Å². The van der Waals surface area contributed by atoms with E-state index in [2.05, 4.69) is 14.9 Å². The molecule has 1 unspecified atom stereocenters. The lowest BCUT2D eigenvalue weighted by atomic mass is 10.00. The first-order valence-electron chi connectivity index (χ1n) is 7.25. The number of piperidine rings is 1. The Labute approximate surface area is 117 Å². The number of benzene rings is 1. The first-order valence-corrected chi connectivity index (χ1v) is 7.25. The quantitative estimate of drug-likeness (QED) is 0.902. The number of H-pyrrole nitrogens is 1. The molecule has 0 saturated carbocycles. The molecule has 0 aliphatic carbocycles. The van der Waals surface area contributed by atoms with Crippen LogP contribution in [0, 0.1) is 5.82 Å². The maximum atomic E-state index is 13.2. The fourth-order valence-corrected chi connectivity index (χ4v) is 3.05. The number of likely N-dealkylation sites (tertiary alicyclic amines) is 1. The Morgan fingerprint density at radius 3 is 3.15 bits per heavy atom. The Morgan fingerprint density at radius 1 is 1.40 bits per heavy atom. The Hall–Kier alpha value is -1.46. The zero-order chi connectivity index (χ0) is 13.9. The maximum absolute atomic E-state index is 13.2. The summed E-state index contributed by atoms with van der Waals surface area (Å²) < 4.78 is 13.2. The van der Waals surface area contributed by atoms with Crippen LogP contribution < -0.4 is 0 Å². The van der Waals surface area contributed by atoms with Gasteiger partial charge in [-0.05, 0) is 44.0 Å². The molecule has 1 atom stereocenters. The lowest BCUT2D eigenvalue weighted by Crippen LogP contribution is -2.39. The molecule has 20 heavy (non-hydrogen) atoms. The molecule has 0 radical (unpaired) electrons. The van der Waals surface area contributed by atoms with Crippen LogP contribution in [-0.2, 0) is 6.54 Å². The van der Waals surface area contributed by atoms with E-state index in [0.717, 1.165) is 42.8 Å². The Balaban J connectivity index is 1.77. The predicted molar refractivity (Wildman–Crippen MR) is 75.8 cm³/mol. The van der Waals surface area contributed by atoms with Gasteiger partial charge in [-0.25, -0.2) is 9.37 Å². The number of fused-ring (bicyclic) bond motifs is 1. The second kappa shape index (κ2) is 5.89. The molecule has 1 saturated heterocycles. The molecule has 0 spiro atoms. The van der Waals surface area contributed by atoms with E-state index in [4.69, 9.17) is 5.11 Å². The van der Waals surface area contributed by atoms with Crippen LogP contribution in [0.4, 0.5) is 4.39 Å². The highest BCUT2D eigenvalue weighted by molar-refractivity contribution is 5.74. The molecule has 2 N–H and O–H groups in total. The smallest absolute Gasteiger partial charge is 0.125 e. The average Bonchev–Trinajstić information content (AvgIpc) is 2.82. The number of hydrogen-bond acceptors (Lipinski definition) is 3. The van der Waals surface area contributed by atoms with Crippen molar-refractivity contribution in [3.63, 3.8) is 0 Å². The molecule has 1 fully saturated rings. The molecule has 2 heterocycles. The number of aliphatic hydroxyl groups is 1. The molecule has 108 valence electrons. The van der Waals surface area contributed by atoms with Crippen molar-refractivity contribution in [1.82, 2.24) is 14.9 Å². The summed E-state index contributed by atoms with van der Waals surface area (Å²) in [5.74, 6) is 0.624. The van der Waals surface area contributed by atoms with E-state index >= 15 is 0 Å². The van der Waals surface area contributed by atoms with Gasteiger partial charge < -0.3 is 10.1 Å². The Kier molecular flexibility index (Phi) is 3.98. The fraction of sp³-hybridized carbons (Fsp3) is 0.533. The fourth-order valence-electron chi connectivity index (χ4n) is 3.05. The summed E-state index contributed by atoms with van der Waals surface area (Å²) in [6, 6.07) is 5.04. The molecule has 1 aliphatic rings. The van der Waals surface area contributed by atoms with Crippen molar-refractivity contribution in [3.05, 3.63) is 29.8 Å². The van der Waals surface area contributed by atoms with E-state index in [1.807, 2.05) is 0 Å². The third kappa shape index (κ3) is 2.83. The SMILES string of the molecule is OCCC1CCCCN1Cc1nc2ccc(F)cc2[nH]1. The van der Waals surface area contributed by atoms with E-state index in [1.165, 1.54) is 25.0 Å². The van der Waals surface area contributed by atoms with Crippen LogP contribution in [0.1, 0.15) is 31.5 Å². The van der Waals surface area contributed by atoms with Crippen LogP contribution in [0.15, 0.2) is 18.2 Å². The molecular weight excluding hydrogens is 257 g/mol. The Morgan fingerprint density at radius 2 is 2.30 bits per heavy atom. The molecule has 1 aromatic heterocycles. The summed E-state index contributed by atoms with van der Waals surface area (Å²) in [5.41, 5.74) is 1.55. The number of aromatic amines is 1. The summed E-state index contributed by atoms with van der Waals surface area (Å²) >= 11 is 0. The maximum Gasteiger partial charge on any atom is 0.125 e. The lowest BCUT2D eigenvalue weighted by Gasteiger charge is -2.34. The van der Waals surface area contributed by atoms with Gasteiger partial charge in [0, 0.05) is 12.6 Å². The molecule has 2 aromatic rings. The molecule has 5 heteroatoms. The van der Waals surface area contributed by atoms with Gasteiger partial charge in [-0.2, -0.15) is 0 Å². The standard InChI is InChI=1S/C15H20FN3O/c16-11-4-5-13-14(9-11)18-15(17-13)10-19-7-2-1-3-12(19)6-8-20/h4-5,9,12,20H,1-3,6-8,10H2,(H,17,18). The summed E-state index contributed by atoms with van der Waals surface area (Å²) in [5, 5.41) is 9.16. The van der Waals surface area contributed by atoms with Crippen LogP contribution in [0.3, 0.4) is 0 Å². The van der Waals surface area contributed by atoms with Crippen molar-refractivity contribution in [1.29, 1.82) is 0 Å². The second-order valence-corrected chi connectivity index (χ2v) is 5.48. The topological polar surface area (TPSA) is 52.1 Å². The lowest BCUT2D eigenvalue weighted by molar-refractivity contribution is 0.110. The number of aromatic nitrogens is 2. The first kappa shape index (κ1) is 13.5. The van der Waals surface area contributed by atoms with Gasteiger partial charge >= 0.3 is 0 Å². The van der Waals surface area contributed by atoms with E-state index in [1.54, 1.807) is 6.07 Å². The molecular formula is C15H20FN3O. The summed E-state index contributed by atoms with van der Waals surface area (Å²) in [7, 11) is 0. The highest BCUT2D eigenvalue weighted by Crippen LogP contribution is 2.22. The van der Waals surface area contributed by atoms with Crippen LogP contribution in [0.25, 0.3) is 11.0 Å². The number of aliphatic hydroxyl groups excluding tert-OH is 1. The largest absolute Gasteiger partial charge is 0.396 e. The molecule has 4 nitrogen and oxygen atoms in total. The number of halogens is 1. The predicted octanol–water partition coefficient (Wildman–Crippen LogP) is 2.44. The number of nitrogens with zero attached hydrogens (tertiary/aromatic N) is 2. The zero-order valence-electron chi connectivity index (χ0n) is 11.5. The Bertz CT molecular complexity index is 582. The minimum atomic E-state index is -0.246. The number of hydrogen-bond donors (Lipinski definition) is 2. The number of imidazole rings is 1. The van der Waals surface area contributed by atoms with Crippen LogP contribution in [-0.4, -0.2) is 39.2 Å². The van der Waals surface area contributed by atoms with Gasteiger partial charge in [0.15, 0.2) is 0 Å². The van der Waals surface area contributed by atoms with Gasteiger partial charge in [0.05, 0.1) is 17.6 Å².